The number of hydrogen-bond acceptors (Lipinski definition) is 3. The number of carbonyl (C=O) groups excluding carboxylic acids is 2. The van der Waals surface area contributed by atoms with Crippen molar-refractivity contribution in [2.75, 3.05) is 25.0 Å². The summed E-state index contributed by atoms with van der Waals surface area (Å²) in [5, 5.41) is 2.68. The van der Waals surface area contributed by atoms with Gasteiger partial charge in [0, 0.05) is 18.8 Å². The highest BCUT2D eigenvalue weighted by Gasteiger charge is 2.22. The highest BCUT2D eigenvalue weighted by atomic mass is 19.1. The molecule has 0 fully saturated rings. The zero-order chi connectivity index (χ0) is 23.6. The lowest BCUT2D eigenvalue weighted by Crippen LogP contribution is -2.45. The quantitative estimate of drug-likeness (QED) is 0.458. The van der Waals surface area contributed by atoms with E-state index in [9.17, 15) is 14.0 Å². The van der Waals surface area contributed by atoms with E-state index < -0.39 is 11.8 Å². The minimum atomic E-state index is -0.438. The van der Waals surface area contributed by atoms with E-state index in [1.165, 1.54) is 23.1 Å². The highest BCUT2D eigenvalue weighted by Crippen LogP contribution is 2.13. The van der Waals surface area contributed by atoms with Crippen molar-refractivity contribution in [3.05, 3.63) is 89.6 Å². The van der Waals surface area contributed by atoms with Crippen molar-refractivity contribution in [2.24, 2.45) is 0 Å². The largest absolute Gasteiger partial charge is 0.464 e. The minimum Gasteiger partial charge on any atom is -0.464 e. The maximum absolute atomic E-state index is 13.5. The second-order valence-corrected chi connectivity index (χ2v) is 7.93. The SMILES string of the molecule is CCCN(CC(=O)N(CCc1ccccc1)Cc1ccc(C)o1)C(=O)Nc1cccc(F)c1. The summed E-state index contributed by atoms with van der Waals surface area (Å²) in [5.74, 6) is 0.859. The third-order valence-electron chi connectivity index (χ3n) is 5.19. The maximum Gasteiger partial charge on any atom is 0.322 e. The van der Waals surface area contributed by atoms with Gasteiger partial charge >= 0.3 is 6.03 Å². The van der Waals surface area contributed by atoms with E-state index in [-0.39, 0.29) is 12.5 Å². The molecule has 0 atom stereocenters. The number of amides is 3. The number of furan rings is 1. The molecule has 1 aromatic heterocycles. The van der Waals surface area contributed by atoms with Gasteiger partial charge in [0.1, 0.15) is 23.9 Å². The van der Waals surface area contributed by atoms with Gasteiger partial charge in [-0.2, -0.15) is 0 Å². The molecule has 3 aromatic rings. The Hall–Kier alpha value is -3.61. The fraction of sp³-hybridized carbons (Fsp3) is 0.308. The van der Waals surface area contributed by atoms with Gasteiger partial charge in [-0.3, -0.25) is 4.79 Å². The molecule has 3 rings (SSSR count). The predicted octanol–water partition coefficient (Wildman–Crippen LogP) is 5.24. The zero-order valence-electron chi connectivity index (χ0n) is 19.1. The van der Waals surface area contributed by atoms with Crippen molar-refractivity contribution in [1.29, 1.82) is 0 Å². The van der Waals surface area contributed by atoms with Crippen LogP contribution < -0.4 is 5.32 Å². The molecule has 0 radical (unpaired) electrons. The molecule has 2 aromatic carbocycles. The Morgan fingerprint density at radius 1 is 0.970 bits per heavy atom. The topological polar surface area (TPSA) is 65.8 Å². The van der Waals surface area contributed by atoms with Crippen molar-refractivity contribution in [1.82, 2.24) is 9.80 Å². The monoisotopic (exact) mass is 451 g/mol. The van der Waals surface area contributed by atoms with Crippen molar-refractivity contribution in [3.8, 4) is 0 Å². The summed E-state index contributed by atoms with van der Waals surface area (Å²) in [6.07, 6.45) is 1.38. The fourth-order valence-corrected chi connectivity index (χ4v) is 3.51. The molecule has 1 N–H and O–H groups in total. The first kappa shape index (κ1) is 24.0. The standard InChI is InChI=1S/C26H30FN3O3/c1-3-15-30(26(32)28-23-11-7-10-22(27)17-23)19-25(31)29(18-24-13-12-20(2)33-24)16-14-21-8-5-4-6-9-21/h4-13,17H,3,14-16,18-19H2,1-2H3,(H,28,32). The van der Waals surface area contributed by atoms with Crippen molar-refractivity contribution >= 4 is 17.6 Å². The molecule has 0 spiro atoms. The third kappa shape index (κ3) is 7.49. The van der Waals surface area contributed by atoms with Crippen LogP contribution in [0.4, 0.5) is 14.9 Å². The van der Waals surface area contributed by atoms with Gasteiger partial charge in [-0.15, -0.1) is 0 Å². The summed E-state index contributed by atoms with van der Waals surface area (Å²) in [5.41, 5.74) is 1.47. The van der Waals surface area contributed by atoms with Gasteiger partial charge < -0.3 is 19.5 Å². The fourth-order valence-electron chi connectivity index (χ4n) is 3.51. The Balaban J connectivity index is 1.70. The van der Waals surface area contributed by atoms with Gasteiger partial charge in [0.2, 0.25) is 5.91 Å². The number of anilines is 1. The third-order valence-corrected chi connectivity index (χ3v) is 5.19. The van der Waals surface area contributed by atoms with E-state index in [0.29, 0.717) is 43.9 Å². The molecular formula is C26H30FN3O3. The molecule has 0 aliphatic rings. The first-order valence-corrected chi connectivity index (χ1v) is 11.1. The number of nitrogens with one attached hydrogen (secondary N) is 1. The Kier molecular flexibility index (Phi) is 8.63. The number of nitrogens with zero attached hydrogens (tertiary/aromatic N) is 2. The summed E-state index contributed by atoms with van der Waals surface area (Å²) in [6, 6.07) is 18.9. The molecule has 1 heterocycles. The van der Waals surface area contributed by atoms with Crippen molar-refractivity contribution < 1.29 is 18.4 Å². The number of aryl methyl sites for hydroxylation is 1. The normalized spacial score (nSPS) is 10.6. The van der Waals surface area contributed by atoms with Crippen LogP contribution in [-0.2, 0) is 17.8 Å². The van der Waals surface area contributed by atoms with Crippen LogP contribution in [-0.4, -0.2) is 41.4 Å². The van der Waals surface area contributed by atoms with Crippen LogP contribution in [0.2, 0.25) is 0 Å². The lowest BCUT2D eigenvalue weighted by molar-refractivity contribution is -0.132. The lowest BCUT2D eigenvalue weighted by Gasteiger charge is -2.27. The van der Waals surface area contributed by atoms with Gasteiger partial charge in [-0.1, -0.05) is 43.3 Å². The highest BCUT2D eigenvalue weighted by molar-refractivity contribution is 5.92. The van der Waals surface area contributed by atoms with Gasteiger partial charge in [-0.05, 0) is 55.7 Å². The second kappa shape index (κ2) is 11.9. The first-order chi connectivity index (χ1) is 15.9. The molecule has 0 saturated heterocycles. The van der Waals surface area contributed by atoms with Crippen LogP contribution in [0.3, 0.4) is 0 Å². The average Bonchev–Trinajstić information content (AvgIpc) is 3.21. The van der Waals surface area contributed by atoms with E-state index in [1.54, 1.807) is 11.0 Å². The molecule has 0 unspecified atom stereocenters. The van der Waals surface area contributed by atoms with Crippen molar-refractivity contribution in [3.63, 3.8) is 0 Å². The van der Waals surface area contributed by atoms with Crippen LogP contribution in [0.1, 0.15) is 30.4 Å². The lowest BCUT2D eigenvalue weighted by atomic mass is 10.1. The van der Waals surface area contributed by atoms with E-state index in [0.717, 1.165) is 11.3 Å². The smallest absolute Gasteiger partial charge is 0.322 e. The molecule has 0 saturated carbocycles. The van der Waals surface area contributed by atoms with Crippen LogP contribution in [0.5, 0.6) is 0 Å². The van der Waals surface area contributed by atoms with E-state index in [2.05, 4.69) is 5.32 Å². The molecule has 0 aliphatic heterocycles. The summed E-state index contributed by atoms with van der Waals surface area (Å²) in [4.78, 5) is 29.3. The van der Waals surface area contributed by atoms with E-state index in [1.807, 2.05) is 56.3 Å². The Labute approximate surface area is 194 Å². The van der Waals surface area contributed by atoms with E-state index >= 15 is 0 Å². The Morgan fingerprint density at radius 2 is 1.76 bits per heavy atom. The van der Waals surface area contributed by atoms with Crippen LogP contribution in [0, 0.1) is 12.7 Å². The van der Waals surface area contributed by atoms with Crippen molar-refractivity contribution in [2.45, 2.75) is 33.2 Å². The predicted molar refractivity (Wildman–Crippen MR) is 126 cm³/mol. The van der Waals surface area contributed by atoms with Gasteiger partial charge in [0.15, 0.2) is 0 Å². The van der Waals surface area contributed by atoms with Gasteiger partial charge in [-0.25, -0.2) is 9.18 Å². The number of halogens is 1. The summed E-state index contributed by atoms with van der Waals surface area (Å²) < 4.78 is 19.2. The number of rotatable bonds is 10. The summed E-state index contributed by atoms with van der Waals surface area (Å²) >= 11 is 0. The second-order valence-electron chi connectivity index (χ2n) is 7.93. The number of carbonyl (C=O) groups is 2. The van der Waals surface area contributed by atoms with E-state index in [4.69, 9.17) is 4.42 Å². The summed E-state index contributed by atoms with van der Waals surface area (Å²) in [7, 11) is 0. The molecule has 174 valence electrons. The molecule has 7 heteroatoms. The maximum atomic E-state index is 13.5. The Bertz CT molecular complexity index is 1050. The van der Waals surface area contributed by atoms with Gasteiger partial charge in [0.25, 0.3) is 0 Å². The van der Waals surface area contributed by atoms with Crippen LogP contribution in [0.15, 0.2) is 71.1 Å². The van der Waals surface area contributed by atoms with Crippen LogP contribution >= 0.6 is 0 Å². The molecule has 6 nitrogen and oxygen atoms in total. The minimum absolute atomic E-state index is 0.0799. The number of hydrogen-bond donors (Lipinski definition) is 1. The first-order valence-electron chi connectivity index (χ1n) is 11.1. The molecule has 0 aliphatic carbocycles. The average molecular weight is 452 g/mol. The van der Waals surface area contributed by atoms with Crippen LogP contribution in [0.25, 0.3) is 0 Å². The molecule has 33 heavy (non-hydrogen) atoms. The molecule has 3 amide bonds. The molecular weight excluding hydrogens is 421 g/mol. The summed E-state index contributed by atoms with van der Waals surface area (Å²) in [6.45, 7) is 4.94. The number of urea groups is 1. The Morgan fingerprint density at radius 3 is 2.42 bits per heavy atom. The zero-order valence-corrected chi connectivity index (χ0v) is 19.1. The van der Waals surface area contributed by atoms with Gasteiger partial charge in [0.05, 0.1) is 6.54 Å². The molecule has 0 bridgehead atoms. The number of benzene rings is 2.